The molecule has 2 heterocycles. The Bertz CT molecular complexity index is 989. The Morgan fingerprint density at radius 1 is 1.17 bits per heavy atom. The van der Waals surface area contributed by atoms with E-state index in [1.807, 2.05) is 0 Å². The summed E-state index contributed by atoms with van der Waals surface area (Å²) < 4.78 is 50.4. The third kappa shape index (κ3) is 8.01. The van der Waals surface area contributed by atoms with E-state index in [2.05, 4.69) is 35.0 Å². The zero-order valence-corrected chi connectivity index (χ0v) is 17.4. The van der Waals surface area contributed by atoms with Crippen LogP contribution in [0.25, 0.3) is 0 Å². The van der Waals surface area contributed by atoms with Crippen LogP contribution in [0, 0.1) is 11.8 Å². The summed E-state index contributed by atoms with van der Waals surface area (Å²) in [5.74, 6) is 5.25. The van der Waals surface area contributed by atoms with Crippen LogP contribution < -0.4 is 11.5 Å². The summed E-state index contributed by atoms with van der Waals surface area (Å²) in [6, 6.07) is 0. The number of hydrogen-bond donors (Lipinski definition) is 7. The van der Waals surface area contributed by atoms with Gasteiger partial charge in [-0.1, -0.05) is 11.8 Å². The molecule has 0 spiro atoms. The number of aliphatic hydroxyl groups excluding tert-OH is 1. The highest BCUT2D eigenvalue weighted by atomic mass is 31.3. The largest absolute Gasteiger partial charge is 0.490 e. The molecule has 168 valence electrons. The van der Waals surface area contributed by atoms with Crippen molar-refractivity contribution in [2.24, 2.45) is 0 Å². The van der Waals surface area contributed by atoms with Crippen molar-refractivity contribution < 1.29 is 56.3 Å². The van der Waals surface area contributed by atoms with Gasteiger partial charge in [-0.25, -0.2) is 18.7 Å². The van der Waals surface area contributed by atoms with E-state index in [0.717, 1.165) is 0 Å². The van der Waals surface area contributed by atoms with Crippen LogP contribution in [0.4, 0.5) is 11.8 Å². The molecule has 0 aliphatic carbocycles. The summed E-state index contributed by atoms with van der Waals surface area (Å²) in [6.45, 7) is -0.795. The summed E-state index contributed by atoms with van der Waals surface area (Å²) in [6.07, 6.45) is -1.96. The maximum absolute atomic E-state index is 11.7. The van der Waals surface area contributed by atoms with E-state index in [-0.39, 0.29) is 23.8 Å². The Balaban J connectivity index is 1.94. The minimum Gasteiger partial charge on any atom is -0.390 e. The van der Waals surface area contributed by atoms with Crippen molar-refractivity contribution in [1.82, 2.24) is 9.97 Å². The van der Waals surface area contributed by atoms with Gasteiger partial charge in [0.2, 0.25) is 5.95 Å². The van der Waals surface area contributed by atoms with E-state index in [9.17, 15) is 23.7 Å². The molecule has 1 aromatic heterocycles. The molecule has 5 atom stereocenters. The fourth-order valence-electron chi connectivity index (χ4n) is 2.11. The van der Waals surface area contributed by atoms with Gasteiger partial charge in [-0.05, 0) is 0 Å². The van der Waals surface area contributed by atoms with E-state index >= 15 is 0 Å². The summed E-state index contributed by atoms with van der Waals surface area (Å²) in [7, 11) is -16.5. The molecule has 1 aliphatic heterocycles. The predicted octanol–water partition coefficient (Wildman–Crippen LogP) is -1.15. The zero-order valence-electron chi connectivity index (χ0n) is 14.7. The molecule has 0 saturated carbocycles. The van der Waals surface area contributed by atoms with Crippen molar-refractivity contribution in [1.29, 1.82) is 0 Å². The van der Waals surface area contributed by atoms with Crippen LogP contribution in [-0.4, -0.2) is 59.6 Å². The number of nitrogens with two attached hydrogens (primary N) is 2. The molecular weight excluding hydrogens is 473 g/mol. The van der Waals surface area contributed by atoms with Crippen LogP contribution in [-0.2, 0) is 31.6 Å². The fourth-order valence-corrected chi connectivity index (χ4v) is 5.14. The monoisotopic (exact) mass is 490 g/mol. The van der Waals surface area contributed by atoms with Crippen LogP contribution in [0.1, 0.15) is 12.0 Å². The summed E-state index contributed by atoms with van der Waals surface area (Å²) in [4.78, 5) is 42.8. The zero-order chi connectivity index (χ0) is 22.7. The Morgan fingerprint density at radius 3 is 2.43 bits per heavy atom. The number of aromatic nitrogens is 2. The lowest BCUT2D eigenvalue weighted by atomic mass is 10.1. The number of nitrogens with zero attached hydrogens (tertiary/aromatic N) is 2. The Kier molecular flexibility index (Phi) is 7.76. The van der Waals surface area contributed by atoms with Crippen molar-refractivity contribution in [3.63, 3.8) is 0 Å². The SMILES string of the molecule is Nc1ncc(C#C[C@H]2C[C@H](O)[C@@H](COP(=O)(O)OP(=O)(O)OP(=O)(O)O)O2)c(N)n1. The Hall–Kier alpha value is -1.43. The number of phosphoric ester groups is 1. The van der Waals surface area contributed by atoms with Gasteiger partial charge in [-0.15, -0.1) is 0 Å². The van der Waals surface area contributed by atoms with Gasteiger partial charge in [0.15, 0.2) is 0 Å². The minimum absolute atomic E-state index is 0.0207. The van der Waals surface area contributed by atoms with Crippen molar-refractivity contribution in [2.45, 2.75) is 24.7 Å². The summed E-state index contributed by atoms with van der Waals surface area (Å²) in [5, 5.41) is 9.95. The van der Waals surface area contributed by atoms with Gasteiger partial charge in [-0.2, -0.15) is 13.6 Å². The highest BCUT2D eigenvalue weighted by molar-refractivity contribution is 7.66. The highest BCUT2D eigenvalue weighted by Crippen LogP contribution is 2.66. The third-order valence-corrected chi connectivity index (χ3v) is 7.05. The lowest BCUT2D eigenvalue weighted by molar-refractivity contribution is -0.00863. The standard InChI is InChI=1S/C11H17N4O12P3/c12-10-6(4-14-11(13)15-10)1-2-7-3-8(16)9(25-7)5-24-29(20,21)27-30(22,23)26-28(17,18)19/h4,7-9,16H,3,5H2,(H,20,21)(H,22,23)(H2,17,18,19)(H4,12,13,14,15)/t7-,8-,9+/m0/s1. The number of ether oxygens (including phenoxy) is 1. The van der Waals surface area contributed by atoms with Gasteiger partial charge in [0, 0.05) is 6.42 Å². The lowest BCUT2D eigenvalue weighted by Crippen LogP contribution is -2.26. The molecule has 9 N–H and O–H groups in total. The normalized spacial score (nSPS) is 25.7. The molecule has 1 aromatic rings. The summed E-state index contributed by atoms with van der Waals surface area (Å²) in [5.41, 5.74) is 11.2. The van der Waals surface area contributed by atoms with Gasteiger partial charge in [-0.3, -0.25) is 4.52 Å². The highest BCUT2D eigenvalue weighted by Gasteiger charge is 2.42. The number of anilines is 2. The van der Waals surface area contributed by atoms with Gasteiger partial charge in [0.25, 0.3) is 0 Å². The quantitative estimate of drug-likeness (QED) is 0.176. The van der Waals surface area contributed by atoms with E-state index in [1.54, 1.807) is 0 Å². The van der Waals surface area contributed by atoms with Crippen molar-refractivity contribution in [2.75, 3.05) is 18.1 Å². The molecule has 2 rings (SSSR count). The van der Waals surface area contributed by atoms with Crippen LogP contribution >= 0.6 is 23.5 Å². The third-order valence-electron chi connectivity index (χ3n) is 3.25. The maximum Gasteiger partial charge on any atom is 0.490 e. The molecule has 16 nitrogen and oxygen atoms in total. The van der Waals surface area contributed by atoms with Gasteiger partial charge in [0.1, 0.15) is 18.0 Å². The minimum atomic E-state index is -5.64. The molecular formula is C11H17N4O12P3. The molecule has 0 amide bonds. The number of phosphoric acid groups is 3. The van der Waals surface area contributed by atoms with Crippen LogP contribution in [0.2, 0.25) is 0 Å². The maximum atomic E-state index is 11.7. The second kappa shape index (κ2) is 9.37. The average molecular weight is 490 g/mol. The molecule has 19 heteroatoms. The Labute approximate surface area is 168 Å². The summed E-state index contributed by atoms with van der Waals surface area (Å²) >= 11 is 0. The fraction of sp³-hybridized carbons (Fsp3) is 0.455. The van der Waals surface area contributed by atoms with E-state index in [0.29, 0.717) is 0 Å². The van der Waals surface area contributed by atoms with Crippen molar-refractivity contribution >= 4 is 35.2 Å². The van der Waals surface area contributed by atoms with Crippen LogP contribution in [0.15, 0.2) is 6.20 Å². The number of rotatable bonds is 7. The average Bonchev–Trinajstić information content (AvgIpc) is 2.89. The van der Waals surface area contributed by atoms with Crippen LogP contribution in [0.3, 0.4) is 0 Å². The van der Waals surface area contributed by atoms with Gasteiger partial charge < -0.3 is 40.9 Å². The molecule has 1 saturated heterocycles. The first-order valence-electron chi connectivity index (χ1n) is 7.67. The first-order chi connectivity index (χ1) is 13.7. The number of hydrogen-bond acceptors (Lipinski definition) is 12. The van der Waals surface area contributed by atoms with Gasteiger partial charge >= 0.3 is 23.5 Å². The second-order valence-electron chi connectivity index (χ2n) is 5.65. The first kappa shape index (κ1) is 24.8. The van der Waals surface area contributed by atoms with Crippen LogP contribution in [0.5, 0.6) is 0 Å². The topological polar surface area (TPSA) is 267 Å². The Morgan fingerprint density at radius 2 is 1.83 bits per heavy atom. The molecule has 30 heavy (non-hydrogen) atoms. The van der Waals surface area contributed by atoms with Crippen molar-refractivity contribution in [3.05, 3.63) is 11.8 Å². The second-order valence-corrected chi connectivity index (χ2v) is 10.1. The van der Waals surface area contributed by atoms with Crippen molar-refractivity contribution in [3.8, 4) is 11.8 Å². The molecule has 2 unspecified atom stereocenters. The number of aliphatic hydroxyl groups is 1. The lowest BCUT2D eigenvalue weighted by Gasteiger charge is -2.18. The molecule has 1 aliphatic rings. The first-order valence-corrected chi connectivity index (χ1v) is 12.2. The molecule has 0 aromatic carbocycles. The molecule has 1 fully saturated rings. The van der Waals surface area contributed by atoms with E-state index < -0.39 is 48.4 Å². The predicted molar refractivity (Wildman–Crippen MR) is 96.8 cm³/mol. The molecule has 0 bridgehead atoms. The smallest absolute Gasteiger partial charge is 0.390 e. The molecule has 0 radical (unpaired) electrons. The van der Waals surface area contributed by atoms with E-state index in [1.165, 1.54) is 6.20 Å². The van der Waals surface area contributed by atoms with Gasteiger partial charge in [0.05, 0.1) is 24.5 Å². The number of nitrogen functional groups attached to an aromatic ring is 2. The van der Waals surface area contributed by atoms with E-state index in [4.69, 9.17) is 30.9 Å².